The Hall–Kier alpha value is -3.55. The summed E-state index contributed by atoms with van der Waals surface area (Å²) in [4.78, 5) is 12.2. The zero-order valence-electron chi connectivity index (χ0n) is 21.6. The molecule has 3 N–H and O–H groups in total. The van der Waals surface area contributed by atoms with Crippen LogP contribution in [0.4, 0.5) is 0 Å². The van der Waals surface area contributed by atoms with Gasteiger partial charge in [0.05, 0.1) is 31.7 Å². The van der Waals surface area contributed by atoms with Gasteiger partial charge in [0, 0.05) is 18.0 Å². The molecule has 1 aliphatic rings. The van der Waals surface area contributed by atoms with Crippen molar-refractivity contribution in [2.24, 2.45) is 0 Å². The van der Waals surface area contributed by atoms with Crippen molar-refractivity contribution in [3.8, 4) is 17.6 Å². The number of ether oxygens (including phenoxy) is 2. The van der Waals surface area contributed by atoms with E-state index in [1.807, 2.05) is 38.1 Å². The van der Waals surface area contributed by atoms with Gasteiger partial charge < -0.3 is 14.6 Å². The topological polar surface area (TPSA) is 123 Å². The zero-order valence-corrected chi connectivity index (χ0v) is 22.4. The molecule has 0 bridgehead atoms. The Morgan fingerprint density at radius 1 is 1.21 bits per heavy atom. The van der Waals surface area contributed by atoms with Crippen molar-refractivity contribution in [1.29, 1.82) is 5.26 Å². The number of benzene rings is 3. The van der Waals surface area contributed by atoms with E-state index >= 15 is 0 Å². The second-order valence-corrected chi connectivity index (χ2v) is 11.3. The average molecular weight is 537 g/mol. The molecule has 200 valence electrons. The van der Waals surface area contributed by atoms with Crippen LogP contribution in [0.1, 0.15) is 53.5 Å². The van der Waals surface area contributed by atoms with Gasteiger partial charge in [-0.1, -0.05) is 43.3 Å². The largest absolute Gasteiger partial charge is 0.496 e. The van der Waals surface area contributed by atoms with Gasteiger partial charge in [0.25, 0.3) is 0 Å². The van der Waals surface area contributed by atoms with Crippen LogP contribution in [0.2, 0.25) is 0 Å². The molecule has 0 radical (unpaired) electrons. The van der Waals surface area contributed by atoms with E-state index in [2.05, 4.69) is 6.07 Å². The van der Waals surface area contributed by atoms with E-state index in [0.29, 0.717) is 40.5 Å². The van der Waals surface area contributed by atoms with Crippen LogP contribution in [-0.2, 0) is 11.3 Å². The first-order valence-corrected chi connectivity index (χ1v) is 13.9. The molecule has 2 atom stereocenters. The van der Waals surface area contributed by atoms with Gasteiger partial charge in [0.15, 0.2) is 0 Å². The van der Waals surface area contributed by atoms with Gasteiger partial charge in [-0.15, -0.1) is 10.8 Å². The second kappa shape index (κ2) is 11.5. The minimum absolute atomic E-state index is 0.178. The molecule has 4 rings (SSSR count). The second-order valence-electron chi connectivity index (χ2n) is 9.34. The van der Waals surface area contributed by atoms with Crippen molar-refractivity contribution in [3.63, 3.8) is 0 Å². The Morgan fingerprint density at radius 3 is 2.66 bits per heavy atom. The number of nitrogens with zero attached hydrogens (tertiary/aromatic N) is 2. The summed E-state index contributed by atoms with van der Waals surface area (Å²) in [5.74, 6) is -0.586. The summed E-state index contributed by atoms with van der Waals surface area (Å²) in [6.45, 7) is 4.49. The fraction of sp³-hybridized carbons (Fsp3) is 0.310. The normalized spacial score (nSPS) is 18.3. The Bertz CT molecular complexity index is 1370. The maximum Gasteiger partial charge on any atom is 0.304 e. The van der Waals surface area contributed by atoms with Crippen LogP contribution < -0.4 is 9.47 Å². The van der Waals surface area contributed by atoms with Gasteiger partial charge in [-0.05, 0) is 54.3 Å². The molecule has 3 aromatic rings. The predicted molar refractivity (Wildman–Crippen MR) is 146 cm³/mol. The Kier molecular flexibility index (Phi) is 8.29. The third-order valence-corrected chi connectivity index (χ3v) is 8.83. The number of carbonyl (C=O) groups is 1. The van der Waals surface area contributed by atoms with Crippen LogP contribution in [0.3, 0.4) is 0 Å². The SMILES string of the molecule is CC[C@@H]1CN(Cc2cc(C(CC(=O)O)c3ccc(C#N)cc3OC)ccc2C)S(O)(O)c2ccccc2O1. The average Bonchev–Trinajstić information content (AvgIpc) is 3.01. The van der Waals surface area contributed by atoms with Crippen molar-refractivity contribution < 1.29 is 28.5 Å². The Morgan fingerprint density at radius 2 is 1.97 bits per heavy atom. The number of carboxylic acids is 1. The molecule has 1 aliphatic heterocycles. The van der Waals surface area contributed by atoms with Crippen molar-refractivity contribution in [3.05, 3.63) is 88.5 Å². The van der Waals surface area contributed by atoms with Gasteiger partial charge in [-0.25, -0.2) is 0 Å². The van der Waals surface area contributed by atoms with Gasteiger partial charge in [-0.3, -0.25) is 13.9 Å². The molecular weight excluding hydrogens is 504 g/mol. The smallest absolute Gasteiger partial charge is 0.304 e. The lowest BCUT2D eigenvalue weighted by Crippen LogP contribution is -2.34. The van der Waals surface area contributed by atoms with Crippen LogP contribution >= 0.6 is 10.8 Å². The van der Waals surface area contributed by atoms with Gasteiger partial charge >= 0.3 is 5.97 Å². The van der Waals surface area contributed by atoms with E-state index < -0.39 is 22.7 Å². The zero-order chi connectivity index (χ0) is 27.4. The lowest BCUT2D eigenvalue weighted by Gasteiger charge is -2.42. The predicted octanol–water partition coefficient (Wildman–Crippen LogP) is 6.18. The van der Waals surface area contributed by atoms with Crippen molar-refractivity contribution >= 4 is 16.7 Å². The minimum atomic E-state index is -3.34. The molecule has 3 aromatic carbocycles. The molecule has 0 saturated carbocycles. The van der Waals surface area contributed by atoms with E-state index in [9.17, 15) is 24.3 Å². The number of hydrogen-bond donors (Lipinski definition) is 3. The first kappa shape index (κ1) is 27.5. The maximum atomic E-state index is 11.9. The minimum Gasteiger partial charge on any atom is -0.496 e. The van der Waals surface area contributed by atoms with E-state index in [0.717, 1.165) is 16.7 Å². The van der Waals surface area contributed by atoms with Crippen molar-refractivity contribution in [1.82, 2.24) is 4.31 Å². The number of methoxy groups -OCH3 is 1. The summed E-state index contributed by atoms with van der Waals surface area (Å²) in [6, 6.07) is 19.8. The number of aryl methyl sites for hydroxylation is 1. The molecule has 0 amide bonds. The summed E-state index contributed by atoms with van der Waals surface area (Å²) in [5.41, 5.74) is 3.63. The van der Waals surface area contributed by atoms with E-state index in [1.54, 1.807) is 40.7 Å². The number of fused-ring (bicyclic) bond motifs is 1. The molecule has 0 saturated heterocycles. The van der Waals surface area contributed by atoms with Gasteiger partial charge in [0.2, 0.25) is 0 Å². The fourth-order valence-corrected chi connectivity index (χ4v) is 6.37. The first-order chi connectivity index (χ1) is 18.2. The molecule has 1 heterocycles. The number of carboxylic acid groups (broad SMARTS) is 1. The number of rotatable bonds is 8. The van der Waals surface area contributed by atoms with Crippen LogP contribution in [0.25, 0.3) is 0 Å². The van der Waals surface area contributed by atoms with Crippen LogP contribution in [0, 0.1) is 18.3 Å². The third kappa shape index (κ3) is 5.64. The highest BCUT2D eigenvalue weighted by molar-refractivity contribution is 8.22. The number of para-hydroxylation sites is 1. The number of nitriles is 1. The number of hydrogen-bond acceptors (Lipinski definition) is 7. The first-order valence-electron chi connectivity index (χ1n) is 12.4. The highest BCUT2D eigenvalue weighted by atomic mass is 32.3. The van der Waals surface area contributed by atoms with Crippen LogP contribution in [0.15, 0.2) is 65.6 Å². The molecule has 38 heavy (non-hydrogen) atoms. The quantitative estimate of drug-likeness (QED) is 0.312. The summed E-state index contributed by atoms with van der Waals surface area (Å²) in [5, 5.41) is 19.0. The summed E-state index contributed by atoms with van der Waals surface area (Å²) >= 11 is 0. The summed E-state index contributed by atoms with van der Waals surface area (Å²) < 4.78 is 36.1. The van der Waals surface area contributed by atoms with E-state index in [4.69, 9.17) is 9.47 Å². The molecule has 8 nitrogen and oxygen atoms in total. The van der Waals surface area contributed by atoms with Crippen LogP contribution in [-0.4, -0.2) is 44.2 Å². The van der Waals surface area contributed by atoms with E-state index in [-0.39, 0.29) is 19.1 Å². The molecule has 0 spiro atoms. The fourth-order valence-electron chi connectivity index (χ4n) is 4.75. The van der Waals surface area contributed by atoms with Gasteiger partial charge in [-0.2, -0.15) is 9.57 Å². The molecule has 1 unspecified atom stereocenters. The lowest BCUT2D eigenvalue weighted by molar-refractivity contribution is -0.137. The van der Waals surface area contributed by atoms with Crippen molar-refractivity contribution in [2.45, 2.75) is 50.2 Å². The molecule has 0 fully saturated rings. The van der Waals surface area contributed by atoms with Crippen molar-refractivity contribution in [2.75, 3.05) is 13.7 Å². The Balaban J connectivity index is 1.75. The third-order valence-electron chi connectivity index (χ3n) is 6.90. The molecule has 0 aromatic heterocycles. The highest BCUT2D eigenvalue weighted by Gasteiger charge is 2.35. The maximum absolute atomic E-state index is 11.9. The highest BCUT2D eigenvalue weighted by Crippen LogP contribution is 2.57. The summed E-state index contributed by atoms with van der Waals surface area (Å²) in [7, 11) is -1.84. The van der Waals surface area contributed by atoms with Crippen LogP contribution in [0.5, 0.6) is 11.5 Å². The molecular formula is C29H32N2O6S. The number of aliphatic carboxylic acids is 1. The standard InChI is InChI=1S/C29H32N2O6S/c1-4-23-18-31(38(34,35)28-8-6-5-7-26(28)37-23)17-22-14-21(11-9-19(22)2)25(15-29(32)33)24-12-10-20(16-30)13-27(24)36-3/h5-14,23,25,34-35H,4,15,17-18H2,1-3H3,(H,32,33)/t23-,25?/m1/s1. The summed E-state index contributed by atoms with van der Waals surface area (Å²) in [6.07, 6.45) is 0.289. The monoisotopic (exact) mass is 536 g/mol. The van der Waals surface area contributed by atoms with E-state index in [1.165, 1.54) is 7.11 Å². The molecule has 9 heteroatoms. The lowest BCUT2D eigenvalue weighted by atomic mass is 9.86. The molecule has 0 aliphatic carbocycles. The Labute approximate surface area is 224 Å². The van der Waals surface area contributed by atoms with Gasteiger partial charge in [0.1, 0.15) is 22.5 Å².